The second-order valence-electron chi connectivity index (χ2n) is 5.27. The molecule has 5 heteroatoms. The molecule has 0 bridgehead atoms. The van der Waals surface area contributed by atoms with E-state index in [2.05, 4.69) is 16.4 Å². The van der Waals surface area contributed by atoms with Crippen molar-refractivity contribution in [2.45, 2.75) is 13.8 Å². The summed E-state index contributed by atoms with van der Waals surface area (Å²) in [5.74, 6) is 0. The number of fused-ring (bicyclic) bond motifs is 1. The third-order valence-electron chi connectivity index (χ3n) is 3.59. The standard InChI is InChI=1S/C18H14ClN3.ClH/c1-11-3-6-17-15(7-11)18(13(9-20)10-21-17)22-14-5-4-12(2)16(19)8-14;/h3-8,10H,1-2H3,(H,21,22);1H. The maximum absolute atomic E-state index is 9.37. The third kappa shape index (κ3) is 3.39. The van der Waals surface area contributed by atoms with E-state index in [1.165, 1.54) is 0 Å². The highest BCUT2D eigenvalue weighted by Crippen LogP contribution is 2.30. The Morgan fingerprint density at radius 2 is 1.91 bits per heavy atom. The van der Waals surface area contributed by atoms with Gasteiger partial charge in [-0.25, -0.2) is 0 Å². The number of nitrogens with zero attached hydrogens (tertiary/aromatic N) is 2. The molecule has 116 valence electrons. The van der Waals surface area contributed by atoms with Crippen molar-refractivity contribution in [1.82, 2.24) is 4.98 Å². The first-order chi connectivity index (χ1) is 10.6. The molecule has 1 N–H and O–H groups in total. The second kappa shape index (κ2) is 6.87. The Morgan fingerprint density at radius 3 is 2.61 bits per heavy atom. The number of hydrogen-bond donors (Lipinski definition) is 1. The van der Waals surface area contributed by atoms with Crippen molar-refractivity contribution in [3.8, 4) is 6.07 Å². The molecule has 0 spiro atoms. The first-order valence-corrected chi connectivity index (χ1v) is 7.29. The van der Waals surface area contributed by atoms with E-state index in [-0.39, 0.29) is 12.4 Å². The van der Waals surface area contributed by atoms with Crippen LogP contribution in [-0.4, -0.2) is 4.98 Å². The second-order valence-corrected chi connectivity index (χ2v) is 5.68. The molecular weight excluding hydrogens is 329 g/mol. The highest BCUT2D eigenvalue weighted by atomic mass is 35.5. The maximum Gasteiger partial charge on any atom is 0.103 e. The normalized spacial score (nSPS) is 10.0. The van der Waals surface area contributed by atoms with Crippen LogP contribution in [-0.2, 0) is 0 Å². The molecule has 3 rings (SSSR count). The van der Waals surface area contributed by atoms with Crippen LogP contribution in [0.3, 0.4) is 0 Å². The molecule has 0 saturated heterocycles. The molecule has 0 aliphatic carbocycles. The number of nitrogens with one attached hydrogen (secondary N) is 1. The maximum atomic E-state index is 9.37. The average Bonchev–Trinajstić information content (AvgIpc) is 2.51. The largest absolute Gasteiger partial charge is 0.354 e. The van der Waals surface area contributed by atoms with Gasteiger partial charge in [-0.2, -0.15) is 5.26 Å². The van der Waals surface area contributed by atoms with E-state index in [4.69, 9.17) is 11.6 Å². The first kappa shape index (κ1) is 17.1. The minimum absolute atomic E-state index is 0. The van der Waals surface area contributed by atoms with E-state index in [1.807, 2.05) is 50.2 Å². The molecule has 0 radical (unpaired) electrons. The lowest BCUT2D eigenvalue weighted by Gasteiger charge is -2.12. The molecule has 2 aromatic carbocycles. The lowest BCUT2D eigenvalue weighted by atomic mass is 10.1. The van der Waals surface area contributed by atoms with Crippen molar-refractivity contribution < 1.29 is 0 Å². The molecule has 3 nitrogen and oxygen atoms in total. The minimum atomic E-state index is 0. The van der Waals surface area contributed by atoms with Gasteiger partial charge in [0.2, 0.25) is 0 Å². The smallest absolute Gasteiger partial charge is 0.103 e. The predicted octanol–water partition coefficient (Wildman–Crippen LogP) is 5.54. The molecule has 23 heavy (non-hydrogen) atoms. The van der Waals surface area contributed by atoms with Crippen molar-refractivity contribution in [3.05, 3.63) is 64.3 Å². The molecule has 0 fully saturated rings. The summed E-state index contributed by atoms with van der Waals surface area (Å²) in [6.45, 7) is 3.98. The van der Waals surface area contributed by atoms with E-state index in [9.17, 15) is 5.26 Å². The molecule has 0 amide bonds. The van der Waals surface area contributed by atoms with Gasteiger partial charge in [0, 0.05) is 22.3 Å². The fraction of sp³-hybridized carbons (Fsp3) is 0.111. The van der Waals surface area contributed by atoms with Crippen molar-refractivity contribution >= 4 is 46.3 Å². The van der Waals surface area contributed by atoms with Crippen LogP contribution < -0.4 is 5.32 Å². The van der Waals surface area contributed by atoms with Crippen molar-refractivity contribution in [2.24, 2.45) is 0 Å². The summed E-state index contributed by atoms with van der Waals surface area (Å²) in [5.41, 5.74) is 5.11. The third-order valence-corrected chi connectivity index (χ3v) is 3.99. The Bertz CT molecular complexity index is 914. The van der Waals surface area contributed by atoms with E-state index in [0.717, 1.165) is 33.4 Å². The number of halogens is 2. The lowest BCUT2D eigenvalue weighted by molar-refractivity contribution is 1.35. The minimum Gasteiger partial charge on any atom is -0.354 e. The van der Waals surface area contributed by atoms with E-state index >= 15 is 0 Å². The fourth-order valence-electron chi connectivity index (χ4n) is 2.34. The molecule has 0 atom stereocenters. The van der Waals surface area contributed by atoms with Gasteiger partial charge in [0.25, 0.3) is 0 Å². The molecular formula is C18H15Cl2N3. The Kier molecular flexibility index (Phi) is 5.10. The zero-order valence-corrected chi connectivity index (χ0v) is 14.3. The SMILES string of the molecule is Cc1ccc2ncc(C#N)c(Nc3ccc(C)c(Cl)c3)c2c1.Cl. The lowest BCUT2D eigenvalue weighted by Crippen LogP contribution is -1.97. The monoisotopic (exact) mass is 343 g/mol. The summed E-state index contributed by atoms with van der Waals surface area (Å²) in [5, 5.41) is 14.3. The van der Waals surface area contributed by atoms with Gasteiger partial charge in [-0.3, -0.25) is 4.98 Å². The van der Waals surface area contributed by atoms with Gasteiger partial charge in [0.15, 0.2) is 0 Å². The highest BCUT2D eigenvalue weighted by molar-refractivity contribution is 6.31. The van der Waals surface area contributed by atoms with Gasteiger partial charge in [0.1, 0.15) is 6.07 Å². The van der Waals surface area contributed by atoms with Crippen LogP contribution >= 0.6 is 24.0 Å². The van der Waals surface area contributed by atoms with E-state index in [1.54, 1.807) is 6.20 Å². The van der Waals surface area contributed by atoms with Gasteiger partial charge in [-0.1, -0.05) is 29.3 Å². The Morgan fingerprint density at radius 1 is 1.13 bits per heavy atom. The summed E-state index contributed by atoms with van der Waals surface area (Å²) < 4.78 is 0. The van der Waals surface area contributed by atoms with Crippen LogP contribution in [0.5, 0.6) is 0 Å². The topological polar surface area (TPSA) is 48.7 Å². The zero-order chi connectivity index (χ0) is 15.7. The summed E-state index contributed by atoms with van der Waals surface area (Å²) >= 11 is 6.18. The van der Waals surface area contributed by atoms with Gasteiger partial charge in [-0.05, 0) is 43.7 Å². The number of hydrogen-bond acceptors (Lipinski definition) is 3. The van der Waals surface area contributed by atoms with Crippen LogP contribution in [0.25, 0.3) is 10.9 Å². The first-order valence-electron chi connectivity index (χ1n) is 6.91. The molecule has 1 heterocycles. The number of aromatic nitrogens is 1. The molecule has 0 saturated carbocycles. The van der Waals surface area contributed by atoms with Crippen molar-refractivity contribution in [1.29, 1.82) is 5.26 Å². The molecule has 0 aliphatic rings. The van der Waals surface area contributed by atoms with Crippen LogP contribution in [0.15, 0.2) is 42.6 Å². The van der Waals surface area contributed by atoms with Gasteiger partial charge >= 0.3 is 0 Å². The molecule has 1 aromatic heterocycles. The number of pyridine rings is 1. The number of anilines is 2. The molecule has 0 unspecified atom stereocenters. The summed E-state index contributed by atoms with van der Waals surface area (Å²) in [7, 11) is 0. The summed E-state index contributed by atoms with van der Waals surface area (Å²) in [6.07, 6.45) is 1.59. The van der Waals surface area contributed by atoms with Crippen LogP contribution in [0.2, 0.25) is 5.02 Å². The molecule has 3 aromatic rings. The van der Waals surface area contributed by atoms with E-state index in [0.29, 0.717) is 10.6 Å². The zero-order valence-electron chi connectivity index (χ0n) is 12.7. The number of aryl methyl sites for hydroxylation is 2. The van der Waals surface area contributed by atoms with E-state index < -0.39 is 0 Å². The average molecular weight is 344 g/mol. The number of benzene rings is 2. The quantitative estimate of drug-likeness (QED) is 0.664. The summed E-state index contributed by atoms with van der Waals surface area (Å²) in [4.78, 5) is 4.34. The Balaban J connectivity index is 0.00000192. The van der Waals surface area contributed by atoms with Crippen LogP contribution in [0, 0.1) is 25.2 Å². The molecule has 0 aliphatic heterocycles. The summed E-state index contributed by atoms with van der Waals surface area (Å²) in [6, 6.07) is 13.9. The van der Waals surface area contributed by atoms with Gasteiger partial charge in [0.05, 0.1) is 16.8 Å². The van der Waals surface area contributed by atoms with Crippen LogP contribution in [0.4, 0.5) is 11.4 Å². The van der Waals surface area contributed by atoms with Gasteiger partial charge in [-0.15, -0.1) is 12.4 Å². The van der Waals surface area contributed by atoms with Crippen molar-refractivity contribution in [3.63, 3.8) is 0 Å². The Labute approximate surface area is 146 Å². The fourth-order valence-corrected chi connectivity index (χ4v) is 2.52. The highest BCUT2D eigenvalue weighted by Gasteiger charge is 2.10. The van der Waals surface area contributed by atoms with Crippen molar-refractivity contribution in [2.75, 3.05) is 5.32 Å². The van der Waals surface area contributed by atoms with Crippen LogP contribution in [0.1, 0.15) is 16.7 Å². The Hall–Kier alpha value is -2.28. The van der Waals surface area contributed by atoms with Gasteiger partial charge < -0.3 is 5.32 Å². The number of nitriles is 1. The predicted molar refractivity (Wildman–Crippen MR) is 97.9 cm³/mol. The number of rotatable bonds is 2.